The lowest BCUT2D eigenvalue weighted by Gasteiger charge is -2.24. The fourth-order valence-electron chi connectivity index (χ4n) is 4.90. The van der Waals surface area contributed by atoms with Gasteiger partial charge in [0, 0.05) is 12.3 Å². The number of carbonyl (C=O) groups is 3. The van der Waals surface area contributed by atoms with Crippen molar-refractivity contribution in [2.24, 2.45) is 0 Å². The first-order valence-corrected chi connectivity index (χ1v) is 13.4. The standard InChI is InChI=1S/C31H31F3N2O6/c1-19(41-17-20-9-3-2-4-10-20)28(29(38)39)36-27(37)16-15-26(31(32,33)34)35-30(40)42-18-25-23-13-7-5-11-21(23)22-12-6-8-14-24(22)25/h2-14,19,25-26,28H,15-18H2,1H3,(H,35,40)(H,36,37)(H,38,39)/t19-,26+,28+/m1/s1. The molecule has 0 heterocycles. The number of carboxylic acids is 1. The quantitative estimate of drug-likeness (QED) is 0.262. The Bertz CT molecular complexity index is 1350. The molecule has 2 amide bonds. The molecule has 0 saturated heterocycles. The van der Waals surface area contributed by atoms with Crippen molar-refractivity contribution in [2.45, 2.75) is 56.7 Å². The molecule has 3 aromatic rings. The van der Waals surface area contributed by atoms with Gasteiger partial charge in [-0.2, -0.15) is 13.2 Å². The van der Waals surface area contributed by atoms with Gasteiger partial charge in [0.05, 0.1) is 12.7 Å². The molecule has 3 aromatic carbocycles. The van der Waals surface area contributed by atoms with E-state index in [1.807, 2.05) is 59.9 Å². The molecule has 1 aliphatic carbocycles. The Morgan fingerprint density at radius 3 is 2.02 bits per heavy atom. The number of amides is 2. The first-order chi connectivity index (χ1) is 20.0. The van der Waals surface area contributed by atoms with Crippen molar-refractivity contribution in [1.29, 1.82) is 0 Å². The number of benzene rings is 3. The Labute approximate surface area is 240 Å². The topological polar surface area (TPSA) is 114 Å². The fraction of sp³-hybridized carbons (Fsp3) is 0.323. The molecule has 0 bridgehead atoms. The summed E-state index contributed by atoms with van der Waals surface area (Å²) in [6.45, 7) is 1.35. The second-order valence-electron chi connectivity index (χ2n) is 9.99. The molecular weight excluding hydrogens is 553 g/mol. The number of ether oxygens (including phenoxy) is 2. The van der Waals surface area contributed by atoms with Gasteiger partial charge in [-0.05, 0) is 41.2 Å². The lowest BCUT2D eigenvalue weighted by atomic mass is 9.98. The number of nitrogens with one attached hydrogen (secondary N) is 2. The Kier molecular flexibility index (Phi) is 9.84. The average Bonchev–Trinajstić information content (AvgIpc) is 3.29. The van der Waals surface area contributed by atoms with Crippen molar-refractivity contribution in [3.8, 4) is 11.1 Å². The first kappa shape index (κ1) is 30.6. The van der Waals surface area contributed by atoms with Crippen molar-refractivity contribution in [3.05, 3.63) is 95.6 Å². The van der Waals surface area contributed by atoms with E-state index in [0.717, 1.165) is 27.8 Å². The van der Waals surface area contributed by atoms with Gasteiger partial charge in [0.1, 0.15) is 12.6 Å². The van der Waals surface area contributed by atoms with Crippen LogP contribution in [0.5, 0.6) is 0 Å². The predicted octanol–water partition coefficient (Wildman–Crippen LogP) is 5.41. The summed E-state index contributed by atoms with van der Waals surface area (Å²) >= 11 is 0. The minimum absolute atomic E-state index is 0.0852. The minimum Gasteiger partial charge on any atom is -0.480 e. The third-order valence-corrected chi connectivity index (χ3v) is 7.10. The molecule has 1 aliphatic rings. The third kappa shape index (κ3) is 7.67. The Balaban J connectivity index is 1.30. The van der Waals surface area contributed by atoms with E-state index < -0.39 is 55.2 Å². The first-order valence-electron chi connectivity index (χ1n) is 13.4. The van der Waals surface area contributed by atoms with Crippen LogP contribution in [0.15, 0.2) is 78.9 Å². The van der Waals surface area contributed by atoms with E-state index in [4.69, 9.17) is 9.47 Å². The summed E-state index contributed by atoms with van der Waals surface area (Å²) in [6, 6.07) is 20.2. The number of alkyl carbamates (subject to hydrolysis) is 1. The van der Waals surface area contributed by atoms with E-state index in [-0.39, 0.29) is 19.1 Å². The van der Waals surface area contributed by atoms with E-state index >= 15 is 0 Å². The molecule has 3 N–H and O–H groups in total. The molecule has 8 nitrogen and oxygen atoms in total. The molecule has 11 heteroatoms. The lowest BCUT2D eigenvalue weighted by Crippen LogP contribution is -2.50. The molecule has 0 radical (unpaired) electrons. The van der Waals surface area contributed by atoms with Gasteiger partial charge in [0.15, 0.2) is 6.04 Å². The maximum atomic E-state index is 13.7. The molecule has 0 spiro atoms. The maximum Gasteiger partial charge on any atom is 0.408 e. The number of fused-ring (bicyclic) bond motifs is 3. The lowest BCUT2D eigenvalue weighted by molar-refractivity contribution is -0.157. The van der Waals surface area contributed by atoms with Crippen LogP contribution in [-0.2, 0) is 25.7 Å². The summed E-state index contributed by atoms with van der Waals surface area (Å²) in [6.07, 6.45) is -8.62. The largest absolute Gasteiger partial charge is 0.480 e. The van der Waals surface area contributed by atoms with Crippen LogP contribution in [0.1, 0.15) is 42.4 Å². The normalized spacial score (nSPS) is 14.7. The van der Waals surface area contributed by atoms with Crippen LogP contribution in [0.4, 0.5) is 18.0 Å². The molecule has 42 heavy (non-hydrogen) atoms. The van der Waals surface area contributed by atoms with Gasteiger partial charge in [-0.3, -0.25) is 4.79 Å². The van der Waals surface area contributed by atoms with Crippen molar-refractivity contribution in [3.63, 3.8) is 0 Å². The Morgan fingerprint density at radius 2 is 1.45 bits per heavy atom. The zero-order valence-corrected chi connectivity index (χ0v) is 22.8. The summed E-state index contributed by atoms with van der Waals surface area (Å²) in [4.78, 5) is 36.6. The molecule has 0 saturated carbocycles. The van der Waals surface area contributed by atoms with Crippen LogP contribution in [-0.4, -0.2) is 54.0 Å². The third-order valence-electron chi connectivity index (χ3n) is 7.10. The highest BCUT2D eigenvalue weighted by atomic mass is 19.4. The fourth-order valence-corrected chi connectivity index (χ4v) is 4.90. The van der Waals surface area contributed by atoms with Crippen LogP contribution >= 0.6 is 0 Å². The van der Waals surface area contributed by atoms with Gasteiger partial charge >= 0.3 is 18.2 Å². The number of carbonyl (C=O) groups excluding carboxylic acids is 2. The second kappa shape index (κ2) is 13.5. The van der Waals surface area contributed by atoms with Gasteiger partial charge < -0.3 is 25.2 Å². The smallest absolute Gasteiger partial charge is 0.408 e. The highest BCUT2D eigenvalue weighted by Gasteiger charge is 2.41. The van der Waals surface area contributed by atoms with E-state index in [2.05, 4.69) is 5.32 Å². The monoisotopic (exact) mass is 584 g/mol. The van der Waals surface area contributed by atoms with Crippen LogP contribution < -0.4 is 10.6 Å². The number of rotatable bonds is 12. The van der Waals surface area contributed by atoms with Crippen LogP contribution in [0.3, 0.4) is 0 Å². The van der Waals surface area contributed by atoms with Crippen molar-refractivity contribution in [2.75, 3.05) is 6.61 Å². The summed E-state index contributed by atoms with van der Waals surface area (Å²) in [5.41, 5.74) is 4.55. The van der Waals surface area contributed by atoms with Crippen molar-refractivity contribution in [1.82, 2.24) is 10.6 Å². The minimum atomic E-state index is -4.87. The maximum absolute atomic E-state index is 13.7. The molecule has 0 aromatic heterocycles. The summed E-state index contributed by atoms with van der Waals surface area (Å²) in [5, 5.41) is 13.6. The van der Waals surface area contributed by atoms with Gasteiger partial charge in [-0.15, -0.1) is 0 Å². The van der Waals surface area contributed by atoms with E-state index in [1.54, 1.807) is 24.3 Å². The molecule has 0 unspecified atom stereocenters. The summed E-state index contributed by atoms with van der Waals surface area (Å²) < 4.78 is 52.0. The molecule has 222 valence electrons. The van der Waals surface area contributed by atoms with Crippen LogP contribution in [0.25, 0.3) is 11.1 Å². The van der Waals surface area contributed by atoms with E-state index in [9.17, 15) is 32.7 Å². The Hall–Kier alpha value is -4.38. The average molecular weight is 585 g/mol. The van der Waals surface area contributed by atoms with Crippen molar-refractivity contribution < 1.29 is 42.1 Å². The van der Waals surface area contributed by atoms with Crippen LogP contribution in [0.2, 0.25) is 0 Å². The number of halogens is 3. The number of carboxylic acid groups (broad SMARTS) is 1. The van der Waals surface area contributed by atoms with Gasteiger partial charge in [0.25, 0.3) is 0 Å². The highest BCUT2D eigenvalue weighted by Crippen LogP contribution is 2.44. The predicted molar refractivity (Wildman–Crippen MR) is 148 cm³/mol. The number of hydrogen-bond donors (Lipinski definition) is 3. The van der Waals surface area contributed by atoms with E-state index in [1.165, 1.54) is 6.92 Å². The van der Waals surface area contributed by atoms with Gasteiger partial charge in [-0.1, -0.05) is 78.9 Å². The zero-order valence-electron chi connectivity index (χ0n) is 22.8. The van der Waals surface area contributed by atoms with Gasteiger partial charge in [0.2, 0.25) is 5.91 Å². The van der Waals surface area contributed by atoms with E-state index in [0.29, 0.717) is 0 Å². The summed E-state index contributed by atoms with van der Waals surface area (Å²) in [7, 11) is 0. The zero-order chi connectivity index (χ0) is 30.3. The van der Waals surface area contributed by atoms with Crippen molar-refractivity contribution >= 4 is 18.0 Å². The molecule has 4 rings (SSSR count). The van der Waals surface area contributed by atoms with Crippen LogP contribution in [0, 0.1) is 0 Å². The highest BCUT2D eigenvalue weighted by molar-refractivity contribution is 5.84. The Morgan fingerprint density at radius 1 is 0.881 bits per heavy atom. The SMILES string of the molecule is C[C@@H](OCc1ccccc1)[C@H](NC(=O)CC[C@H](NC(=O)OCC1c2ccccc2-c2ccccc21)C(F)(F)F)C(=O)O. The number of alkyl halides is 3. The number of hydrogen-bond acceptors (Lipinski definition) is 5. The molecule has 3 atom stereocenters. The number of aliphatic carboxylic acids is 1. The van der Waals surface area contributed by atoms with Gasteiger partial charge in [-0.25, -0.2) is 9.59 Å². The molecular formula is C31H31F3N2O6. The second-order valence-corrected chi connectivity index (χ2v) is 9.99. The summed E-state index contributed by atoms with van der Waals surface area (Å²) in [5.74, 6) is -2.66. The molecule has 0 fully saturated rings. The molecule has 0 aliphatic heterocycles.